The van der Waals surface area contributed by atoms with Gasteiger partial charge in [0.25, 0.3) is 0 Å². The van der Waals surface area contributed by atoms with Gasteiger partial charge in [-0.05, 0) is 31.2 Å². The Kier molecular flexibility index (Phi) is 5.44. The highest BCUT2D eigenvalue weighted by Crippen LogP contribution is 2.33. The molecule has 1 aromatic heterocycles. The van der Waals surface area contributed by atoms with E-state index in [2.05, 4.69) is 5.32 Å². The summed E-state index contributed by atoms with van der Waals surface area (Å²) in [5, 5.41) is 11.5. The second-order valence-corrected chi connectivity index (χ2v) is 6.10. The molecule has 0 saturated carbocycles. The fraction of sp³-hybridized carbons (Fsp3) is 0.316. The number of amides is 2. The third kappa shape index (κ3) is 4.11. The molecule has 2 heterocycles. The zero-order chi connectivity index (χ0) is 19.4. The van der Waals surface area contributed by atoms with Crippen LogP contribution in [-0.2, 0) is 16.1 Å². The topological polar surface area (TPSA) is 109 Å². The highest BCUT2D eigenvalue weighted by Gasteiger charge is 2.36. The van der Waals surface area contributed by atoms with Crippen molar-refractivity contribution < 1.29 is 28.6 Å². The summed E-state index contributed by atoms with van der Waals surface area (Å²) in [7, 11) is 0. The van der Waals surface area contributed by atoms with Gasteiger partial charge in [0, 0.05) is 13.0 Å². The molecule has 8 heteroatoms. The quantitative estimate of drug-likeness (QED) is 0.770. The van der Waals surface area contributed by atoms with Crippen LogP contribution in [0.1, 0.15) is 29.7 Å². The molecule has 8 nitrogen and oxygen atoms in total. The maximum atomic E-state index is 12.4. The van der Waals surface area contributed by atoms with Gasteiger partial charge in [-0.2, -0.15) is 0 Å². The first-order valence-electron chi connectivity index (χ1n) is 8.61. The number of hydrogen-bond donors (Lipinski definition) is 2. The molecule has 1 aliphatic rings. The van der Waals surface area contributed by atoms with Crippen molar-refractivity contribution in [1.29, 1.82) is 0 Å². The summed E-state index contributed by atoms with van der Waals surface area (Å²) in [6, 6.07) is 10.0. The minimum absolute atomic E-state index is 0.0618. The van der Waals surface area contributed by atoms with Gasteiger partial charge >= 0.3 is 5.97 Å². The molecule has 0 aliphatic carbocycles. The van der Waals surface area contributed by atoms with Crippen LogP contribution in [0.4, 0.5) is 5.69 Å². The zero-order valence-corrected chi connectivity index (χ0v) is 14.8. The molecule has 1 atom stereocenters. The van der Waals surface area contributed by atoms with Gasteiger partial charge in [-0.3, -0.25) is 9.59 Å². The van der Waals surface area contributed by atoms with E-state index in [-0.39, 0.29) is 37.1 Å². The van der Waals surface area contributed by atoms with Crippen molar-refractivity contribution in [3.8, 4) is 5.75 Å². The Bertz CT molecular complexity index is 859. The van der Waals surface area contributed by atoms with Gasteiger partial charge < -0.3 is 24.5 Å². The van der Waals surface area contributed by atoms with Crippen molar-refractivity contribution in [2.24, 2.45) is 5.92 Å². The average molecular weight is 372 g/mol. The number of nitrogens with one attached hydrogen (secondary N) is 1. The maximum absolute atomic E-state index is 12.4. The molecule has 142 valence electrons. The van der Waals surface area contributed by atoms with E-state index in [1.54, 1.807) is 17.0 Å². The molecule has 2 N–H and O–H groups in total. The molecule has 0 bridgehead atoms. The second kappa shape index (κ2) is 7.94. The molecule has 1 fully saturated rings. The number of carbonyl (C=O) groups is 3. The van der Waals surface area contributed by atoms with E-state index in [0.717, 1.165) is 0 Å². The summed E-state index contributed by atoms with van der Waals surface area (Å²) in [5.41, 5.74) is 0.650. The number of furan rings is 1. The van der Waals surface area contributed by atoms with Gasteiger partial charge in [0.2, 0.25) is 17.6 Å². The number of nitrogens with zero attached hydrogens (tertiary/aromatic N) is 1. The van der Waals surface area contributed by atoms with Crippen LogP contribution < -0.4 is 15.0 Å². The lowest BCUT2D eigenvalue weighted by atomic mass is 10.1. The smallest absolute Gasteiger partial charge is 0.371 e. The van der Waals surface area contributed by atoms with Gasteiger partial charge in [-0.25, -0.2) is 4.79 Å². The Morgan fingerprint density at radius 2 is 2.07 bits per heavy atom. The van der Waals surface area contributed by atoms with Crippen LogP contribution in [-0.4, -0.2) is 36.0 Å². The number of anilines is 1. The molecule has 0 radical (unpaired) electrons. The van der Waals surface area contributed by atoms with Crippen LogP contribution in [0.25, 0.3) is 0 Å². The van der Waals surface area contributed by atoms with Crippen LogP contribution in [0, 0.1) is 5.92 Å². The minimum Gasteiger partial charge on any atom is -0.492 e. The molecule has 0 spiro atoms. The van der Waals surface area contributed by atoms with Crippen LogP contribution >= 0.6 is 0 Å². The van der Waals surface area contributed by atoms with Crippen LogP contribution in [0.15, 0.2) is 40.8 Å². The Hall–Kier alpha value is -3.29. The van der Waals surface area contributed by atoms with E-state index in [4.69, 9.17) is 14.3 Å². The van der Waals surface area contributed by atoms with Crippen LogP contribution in [0.3, 0.4) is 0 Å². The molecule has 1 saturated heterocycles. The molecule has 1 aliphatic heterocycles. The van der Waals surface area contributed by atoms with E-state index in [1.165, 1.54) is 12.1 Å². The second-order valence-electron chi connectivity index (χ2n) is 6.10. The number of benzene rings is 1. The van der Waals surface area contributed by atoms with Crippen LogP contribution in [0.5, 0.6) is 5.75 Å². The number of carbonyl (C=O) groups excluding carboxylic acids is 2. The Morgan fingerprint density at radius 3 is 2.78 bits per heavy atom. The van der Waals surface area contributed by atoms with Crippen molar-refractivity contribution in [1.82, 2.24) is 5.32 Å². The van der Waals surface area contributed by atoms with E-state index in [9.17, 15) is 14.4 Å². The molecular formula is C19H20N2O6. The number of para-hydroxylation sites is 2. The van der Waals surface area contributed by atoms with E-state index < -0.39 is 11.9 Å². The third-order valence-electron chi connectivity index (χ3n) is 4.26. The predicted octanol–water partition coefficient (Wildman–Crippen LogP) is 2.05. The molecular weight excluding hydrogens is 352 g/mol. The number of rotatable bonds is 7. The SMILES string of the molecule is CCOc1ccccc1N1CC(C(=O)NCc2ccc(C(=O)O)o2)CC1=O. The lowest BCUT2D eigenvalue weighted by molar-refractivity contribution is -0.126. The number of ether oxygens (including phenoxy) is 1. The van der Waals surface area contributed by atoms with Gasteiger partial charge in [0.15, 0.2) is 0 Å². The molecule has 1 unspecified atom stereocenters. The predicted molar refractivity (Wildman–Crippen MR) is 95.6 cm³/mol. The van der Waals surface area contributed by atoms with Crippen LogP contribution in [0.2, 0.25) is 0 Å². The first-order valence-corrected chi connectivity index (χ1v) is 8.61. The van der Waals surface area contributed by atoms with Gasteiger partial charge in [-0.15, -0.1) is 0 Å². The van der Waals surface area contributed by atoms with Crippen molar-refractivity contribution in [2.45, 2.75) is 19.9 Å². The Labute approximate surface area is 155 Å². The maximum Gasteiger partial charge on any atom is 0.371 e. The molecule has 3 rings (SSSR count). The number of hydrogen-bond acceptors (Lipinski definition) is 5. The van der Waals surface area contributed by atoms with Crippen molar-refractivity contribution in [2.75, 3.05) is 18.1 Å². The van der Waals surface area contributed by atoms with Gasteiger partial charge in [0.05, 0.1) is 24.8 Å². The lowest BCUT2D eigenvalue weighted by Crippen LogP contribution is -2.32. The van der Waals surface area contributed by atoms with E-state index in [0.29, 0.717) is 23.8 Å². The van der Waals surface area contributed by atoms with Crippen molar-refractivity contribution >= 4 is 23.5 Å². The molecule has 1 aromatic carbocycles. The molecule has 27 heavy (non-hydrogen) atoms. The molecule has 2 aromatic rings. The number of carboxylic acid groups (broad SMARTS) is 1. The largest absolute Gasteiger partial charge is 0.492 e. The summed E-state index contributed by atoms with van der Waals surface area (Å²) >= 11 is 0. The lowest BCUT2D eigenvalue weighted by Gasteiger charge is -2.20. The van der Waals surface area contributed by atoms with Gasteiger partial charge in [-0.1, -0.05) is 12.1 Å². The Balaban J connectivity index is 1.62. The summed E-state index contributed by atoms with van der Waals surface area (Å²) < 4.78 is 10.7. The third-order valence-corrected chi connectivity index (χ3v) is 4.26. The average Bonchev–Trinajstić information content (AvgIpc) is 3.27. The normalized spacial score (nSPS) is 16.4. The molecule has 2 amide bonds. The van der Waals surface area contributed by atoms with Gasteiger partial charge in [0.1, 0.15) is 11.5 Å². The first-order chi connectivity index (χ1) is 13.0. The highest BCUT2D eigenvalue weighted by molar-refractivity contribution is 6.01. The monoisotopic (exact) mass is 372 g/mol. The zero-order valence-electron chi connectivity index (χ0n) is 14.8. The van der Waals surface area contributed by atoms with Crippen molar-refractivity contribution in [3.63, 3.8) is 0 Å². The number of carboxylic acids is 1. The summed E-state index contributed by atoms with van der Waals surface area (Å²) in [6.45, 7) is 2.66. The summed E-state index contributed by atoms with van der Waals surface area (Å²) in [4.78, 5) is 37.2. The summed E-state index contributed by atoms with van der Waals surface area (Å²) in [5.74, 6) is -1.34. The van der Waals surface area contributed by atoms with E-state index >= 15 is 0 Å². The fourth-order valence-electron chi connectivity index (χ4n) is 2.98. The fourth-order valence-corrected chi connectivity index (χ4v) is 2.98. The Morgan fingerprint density at radius 1 is 1.30 bits per heavy atom. The minimum atomic E-state index is -1.17. The highest BCUT2D eigenvalue weighted by atomic mass is 16.5. The standard InChI is InChI=1S/C19H20N2O6/c1-2-26-15-6-4-3-5-14(15)21-11-12(9-17(21)22)18(23)20-10-13-7-8-16(27-13)19(24)25/h3-8,12H,2,9-11H2,1H3,(H,20,23)(H,24,25). The van der Waals surface area contributed by atoms with E-state index in [1.807, 2.05) is 19.1 Å². The number of aromatic carboxylic acids is 1. The van der Waals surface area contributed by atoms with Crippen molar-refractivity contribution in [3.05, 3.63) is 47.9 Å². The first kappa shape index (κ1) is 18.5. The summed E-state index contributed by atoms with van der Waals surface area (Å²) in [6.07, 6.45) is 0.102.